The zero-order valence-corrected chi connectivity index (χ0v) is 12.1. The van der Waals surface area contributed by atoms with Crippen molar-refractivity contribution in [2.45, 2.75) is 46.6 Å². The lowest BCUT2D eigenvalue weighted by Crippen LogP contribution is -2.34. The van der Waals surface area contributed by atoms with Crippen LogP contribution in [0.25, 0.3) is 0 Å². The second-order valence-corrected chi connectivity index (χ2v) is 5.74. The van der Waals surface area contributed by atoms with Crippen LogP contribution in [-0.2, 0) is 0 Å². The highest BCUT2D eigenvalue weighted by Crippen LogP contribution is 2.34. The van der Waals surface area contributed by atoms with Gasteiger partial charge in [0.05, 0.1) is 11.4 Å². The molecule has 4 heteroatoms. The van der Waals surface area contributed by atoms with Crippen molar-refractivity contribution in [3.8, 4) is 0 Å². The topological polar surface area (TPSA) is 53.4 Å². The smallest absolute Gasteiger partial charge is 0.339 e. The van der Waals surface area contributed by atoms with Crippen molar-refractivity contribution in [1.29, 1.82) is 0 Å². The zero-order chi connectivity index (χ0) is 14.2. The number of carbonyl (C=O) groups is 1. The summed E-state index contributed by atoms with van der Waals surface area (Å²) in [6.07, 6.45) is 2.52. The predicted octanol–water partition coefficient (Wildman–Crippen LogP) is 3.02. The number of hydrogen-bond donors (Lipinski definition) is 1. The van der Waals surface area contributed by atoms with Crippen molar-refractivity contribution >= 4 is 11.7 Å². The number of carboxylic acids is 1. The Bertz CT molecular complexity index is 493. The first-order valence-corrected chi connectivity index (χ1v) is 6.88. The average molecular weight is 262 g/mol. The molecule has 0 amide bonds. The van der Waals surface area contributed by atoms with Gasteiger partial charge in [-0.05, 0) is 52.5 Å². The summed E-state index contributed by atoms with van der Waals surface area (Å²) in [7, 11) is 0. The molecule has 0 spiro atoms. The fourth-order valence-electron chi connectivity index (χ4n) is 2.46. The molecular weight excluding hydrogens is 240 g/mol. The van der Waals surface area contributed by atoms with Crippen molar-refractivity contribution in [2.75, 3.05) is 11.4 Å². The summed E-state index contributed by atoms with van der Waals surface area (Å²) < 4.78 is 0. The quantitative estimate of drug-likeness (QED) is 0.886. The first kappa shape index (κ1) is 13.8. The van der Waals surface area contributed by atoms with Gasteiger partial charge in [-0.25, -0.2) is 4.79 Å². The maximum Gasteiger partial charge on any atom is 0.339 e. The van der Waals surface area contributed by atoms with Crippen LogP contribution >= 0.6 is 0 Å². The van der Waals surface area contributed by atoms with Crippen LogP contribution in [0.15, 0.2) is 6.07 Å². The van der Waals surface area contributed by atoms with Gasteiger partial charge in [0, 0.05) is 18.3 Å². The Morgan fingerprint density at radius 2 is 2.11 bits per heavy atom. The van der Waals surface area contributed by atoms with Gasteiger partial charge < -0.3 is 10.0 Å². The first-order valence-electron chi connectivity index (χ1n) is 6.88. The molecule has 0 aromatic carbocycles. The molecule has 1 aliphatic rings. The molecule has 1 aliphatic carbocycles. The lowest BCUT2D eigenvalue weighted by Gasteiger charge is -2.31. The number of aryl methyl sites for hydroxylation is 2. The minimum atomic E-state index is -0.888. The van der Waals surface area contributed by atoms with Crippen molar-refractivity contribution in [1.82, 2.24) is 4.98 Å². The third kappa shape index (κ3) is 3.06. The molecule has 1 heterocycles. The summed E-state index contributed by atoms with van der Waals surface area (Å²) in [5.41, 5.74) is 2.64. The summed E-state index contributed by atoms with van der Waals surface area (Å²) in [5.74, 6) is -0.167. The van der Waals surface area contributed by atoms with E-state index >= 15 is 0 Å². The normalized spacial score (nSPS) is 14.8. The third-order valence-electron chi connectivity index (χ3n) is 3.61. The number of anilines is 1. The van der Waals surface area contributed by atoms with Gasteiger partial charge in [0.1, 0.15) is 5.56 Å². The Labute approximate surface area is 114 Å². The second-order valence-electron chi connectivity index (χ2n) is 5.74. The number of hydrogen-bond acceptors (Lipinski definition) is 3. The van der Waals surface area contributed by atoms with Crippen LogP contribution in [0.4, 0.5) is 5.69 Å². The largest absolute Gasteiger partial charge is 0.478 e. The van der Waals surface area contributed by atoms with E-state index in [1.165, 1.54) is 12.8 Å². The highest BCUT2D eigenvalue weighted by molar-refractivity contribution is 5.95. The molecule has 0 radical (unpaired) electrons. The highest BCUT2D eigenvalue weighted by Gasteiger charge is 2.28. The lowest BCUT2D eigenvalue weighted by atomic mass is 10.1. The van der Waals surface area contributed by atoms with Gasteiger partial charge in [0.25, 0.3) is 0 Å². The molecule has 0 bridgehead atoms. The van der Waals surface area contributed by atoms with E-state index in [-0.39, 0.29) is 0 Å². The van der Waals surface area contributed by atoms with Gasteiger partial charge in [-0.2, -0.15) is 0 Å². The van der Waals surface area contributed by atoms with Crippen LogP contribution in [0.1, 0.15) is 48.4 Å². The monoisotopic (exact) mass is 262 g/mol. The van der Waals surface area contributed by atoms with Crippen molar-refractivity contribution in [3.63, 3.8) is 0 Å². The molecule has 1 aromatic heterocycles. The molecule has 2 rings (SSSR count). The van der Waals surface area contributed by atoms with Gasteiger partial charge in [-0.1, -0.05) is 0 Å². The minimum absolute atomic E-state index is 0.292. The number of carboxylic acid groups (broad SMARTS) is 1. The number of aromatic nitrogens is 1. The van der Waals surface area contributed by atoms with Crippen molar-refractivity contribution in [2.24, 2.45) is 5.92 Å². The molecule has 0 atom stereocenters. The van der Waals surface area contributed by atoms with Crippen LogP contribution < -0.4 is 4.90 Å². The summed E-state index contributed by atoms with van der Waals surface area (Å²) >= 11 is 0. The third-order valence-corrected chi connectivity index (χ3v) is 3.61. The lowest BCUT2D eigenvalue weighted by molar-refractivity contribution is 0.0696. The Morgan fingerprint density at radius 3 is 2.58 bits per heavy atom. The Morgan fingerprint density at radius 1 is 1.47 bits per heavy atom. The SMILES string of the molecule is Cc1cc(N(CC2CC2)C(C)C)c(C(=O)O)c(C)n1. The highest BCUT2D eigenvalue weighted by atomic mass is 16.4. The molecule has 1 fully saturated rings. The maximum absolute atomic E-state index is 11.5. The fraction of sp³-hybridized carbons (Fsp3) is 0.600. The molecule has 1 aromatic rings. The molecule has 0 aliphatic heterocycles. The van der Waals surface area contributed by atoms with Crippen LogP contribution in [0.3, 0.4) is 0 Å². The minimum Gasteiger partial charge on any atom is -0.478 e. The van der Waals surface area contributed by atoms with Crippen LogP contribution in [0.5, 0.6) is 0 Å². The van der Waals surface area contributed by atoms with E-state index < -0.39 is 5.97 Å². The second kappa shape index (κ2) is 5.19. The number of pyridine rings is 1. The number of aromatic carboxylic acids is 1. The molecule has 0 unspecified atom stereocenters. The van der Waals surface area contributed by atoms with Crippen LogP contribution in [-0.4, -0.2) is 28.6 Å². The van der Waals surface area contributed by atoms with E-state index in [4.69, 9.17) is 0 Å². The summed E-state index contributed by atoms with van der Waals surface area (Å²) in [6.45, 7) is 8.85. The van der Waals surface area contributed by atoms with Gasteiger partial charge in [-0.3, -0.25) is 4.98 Å². The fourth-order valence-corrected chi connectivity index (χ4v) is 2.46. The van der Waals surface area contributed by atoms with Gasteiger partial charge >= 0.3 is 5.97 Å². The molecule has 0 saturated heterocycles. The molecule has 4 nitrogen and oxygen atoms in total. The van der Waals surface area contributed by atoms with Crippen molar-refractivity contribution in [3.05, 3.63) is 23.0 Å². The molecule has 1 saturated carbocycles. The molecule has 1 N–H and O–H groups in total. The van der Waals surface area contributed by atoms with E-state index in [1.54, 1.807) is 6.92 Å². The standard InChI is InChI=1S/C15H22N2O2/c1-9(2)17(8-12-5-6-12)13-7-10(3)16-11(4)14(13)15(18)19/h7,9,12H,5-6,8H2,1-4H3,(H,18,19). The predicted molar refractivity (Wildman–Crippen MR) is 75.9 cm³/mol. The first-order chi connectivity index (χ1) is 8.90. The summed E-state index contributed by atoms with van der Waals surface area (Å²) in [5, 5.41) is 9.45. The van der Waals surface area contributed by atoms with Gasteiger partial charge in [0.15, 0.2) is 0 Å². The number of rotatable bonds is 5. The Hall–Kier alpha value is -1.58. The van der Waals surface area contributed by atoms with Gasteiger partial charge in [0.2, 0.25) is 0 Å². The number of nitrogens with zero attached hydrogens (tertiary/aromatic N) is 2. The zero-order valence-electron chi connectivity index (χ0n) is 12.1. The van der Waals surface area contributed by atoms with E-state index in [2.05, 4.69) is 23.7 Å². The average Bonchev–Trinajstić information content (AvgIpc) is 3.07. The summed E-state index contributed by atoms with van der Waals surface area (Å²) in [4.78, 5) is 18.0. The van der Waals surface area contributed by atoms with Crippen molar-refractivity contribution < 1.29 is 9.90 Å². The Kier molecular flexibility index (Phi) is 3.78. The van der Waals surface area contributed by atoms with E-state index in [1.807, 2.05) is 13.0 Å². The molecule has 19 heavy (non-hydrogen) atoms. The van der Waals surface area contributed by atoms with Crippen LogP contribution in [0.2, 0.25) is 0 Å². The summed E-state index contributed by atoms with van der Waals surface area (Å²) in [6, 6.07) is 2.19. The van der Waals surface area contributed by atoms with E-state index in [9.17, 15) is 9.90 Å². The Balaban J connectivity index is 2.46. The molecular formula is C15H22N2O2. The van der Waals surface area contributed by atoms with Gasteiger partial charge in [-0.15, -0.1) is 0 Å². The maximum atomic E-state index is 11.5. The molecule has 104 valence electrons. The van der Waals surface area contributed by atoms with E-state index in [0.29, 0.717) is 17.3 Å². The van der Waals surface area contributed by atoms with E-state index in [0.717, 1.165) is 23.8 Å². The van der Waals surface area contributed by atoms with Crippen LogP contribution in [0, 0.1) is 19.8 Å².